The molecule has 0 aromatic heterocycles. The van der Waals surface area contributed by atoms with Crippen LogP contribution in [-0.4, -0.2) is 17.3 Å². The summed E-state index contributed by atoms with van der Waals surface area (Å²) >= 11 is 0. The fourth-order valence-corrected chi connectivity index (χ4v) is 2.51. The van der Waals surface area contributed by atoms with Gasteiger partial charge >= 0.3 is 0 Å². The average Bonchev–Trinajstić information content (AvgIpc) is 2.40. The Hall–Kier alpha value is -0.900. The molecule has 3 nitrogen and oxygen atoms in total. The number of hydrogen-bond donors (Lipinski definition) is 2. The van der Waals surface area contributed by atoms with Crippen LogP contribution < -0.4 is 5.73 Å². The van der Waals surface area contributed by atoms with Crippen molar-refractivity contribution >= 4 is 0 Å². The second-order valence-electron chi connectivity index (χ2n) is 5.39. The fourth-order valence-electron chi connectivity index (χ4n) is 2.51. The number of rotatable bonds is 5. The lowest BCUT2D eigenvalue weighted by Gasteiger charge is -2.33. The van der Waals surface area contributed by atoms with Crippen molar-refractivity contribution in [2.75, 3.05) is 6.61 Å². The summed E-state index contributed by atoms with van der Waals surface area (Å²) in [4.78, 5) is 0. The second-order valence-corrected chi connectivity index (χ2v) is 5.39. The third-order valence-corrected chi connectivity index (χ3v) is 3.71. The lowest BCUT2D eigenvalue weighted by molar-refractivity contribution is 0.0574. The van der Waals surface area contributed by atoms with Crippen LogP contribution in [0.15, 0.2) is 24.3 Å². The molecule has 0 saturated heterocycles. The predicted molar refractivity (Wildman–Crippen MR) is 72.0 cm³/mol. The molecule has 0 unspecified atom stereocenters. The Bertz CT molecular complexity index is 355. The first kappa shape index (κ1) is 13.5. The first-order chi connectivity index (χ1) is 8.72. The van der Waals surface area contributed by atoms with Gasteiger partial charge in [0.05, 0.1) is 19.8 Å². The van der Waals surface area contributed by atoms with E-state index in [1.165, 1.54) is 19.3 Å². The molecule has 0 aliphatic heterocycles. The summed E-state index contributed by atoms with van der Waals surface area (Å²) in [5.41, 5.74) is 8.27. The fraction of sp³-hybridized carbons (Fsp3) is 0.600. The van der Waals surface area contributed by atoms with Crippen LogP contribution in [0, 0.1) is 0 Å². The largest absolute Gasteiger partial charge is 0.392 e. The monoisotopic (exact) mass is 249 g/mol. The molecule has 1 aliphatic carbocycles. The maximum Gasteiger partial charge on any atom is 0.0717 e. The van der Waals surface area contributed by atoms with Gasteiger partial charge in [-0.25, -0.2) is 0 Å². The Kier molecular flexibility index (Phi) is 4.75. The number of aliphatic hydroxyl groups is 1. The van der Waals surface area contributed by atoms with E-state index >= 15 is 0 Å². The van der Waals surface area contributed by atoms with E-state index in [4.69, 9.17) is 15.6 Å². The Morgan fingerprint density at radius 2 is 1.67 bits per heavy atom. The van der Waals surface area contributed by atoms with Crippen molar-refractivity contribution in [3.8, 4) is 0 Å². The smallest absolute Gasteiger partial charge is 0.0717 e. The van der Waals surface area contributed by atoms with Crippen molar-refractivity contribution in [2.24, 2.45) is 5.73 Å². The molecule has 0 radical (unpaired) electrons. The summed E-state index contributed by atoms with van der Waals surface area (Å²) in [6.45, 7) is 1.34. The highest BCUT2D eigenvalue weighted by atomic mass is 16.5. The van der Waals surface area contributed by atoms with E-state index in [9.17, 15) is 0 Å². The van der Waals surface area contributed by atoms with Crippen LogP contribution in [0.2, 0.25) is 0 Å². The van der Waals surface area contributed by atoms with Crippen molar-refractivity contribution < 1.29 is 9.84 Å². The Morgan fingerprint density at radius 1 is 1.06 bits per heavy atom. The van der Waals surface area contributed by atoms with Crippen molar-refractivity contribution in [1.29, 1.82) is 0 Å². The van der Waals surface area contributed by atoms with Gasteiger partial charge in [0, 0.05) is 5.54 Å². The molecule has 3 heteroatoms. The standard InChI is InChI=1S/C15H23NO2/c16-15(8-2-1-3-9-15)12-18-11-14-6-4-13(10-17)5-7-14/h4-7,17H,1-3,8-12,16H2. The van der Waals surface area contributed by atoms with Crippen molar-refractivity contribution in [3.63, 3.8) is 0 Å². The second kappa shape index (κ2) is 6.32. The van der Waals surface area contributed by atoms with Crippen LogP contribution in [0.3, 0.4) is 0 Å². The Balaban J connectivity index is 1.77. The molecule has 18 heavy (non-hydrogen) atoms. The molecule has 1 aromatic rings. The van der Waals surface area contributed by atoms with E-state index < -0.39 is 0 Å². The summed E-state index contributed by atoms with van der Waals surface area (Å²) < 4.78 is 5.75. The SMILES string of the molecule is NC1(COCc2ccc(CO)cc2)CCCCC1. The van der Waals surface area contributed by atoms with Crippen LogP contribution in [0.5, 0.6) is 0 Å². The molecular formula is C15H23NO2. The molecule has 2 rings (SSSR count). The lowest BCUT2D eigenvalue weighted by Crippen LogP contribution is -2.46. The van der Waals surface area contributed by atoms with E-state index in [1.807, 2.05) is 24.3 Å². The van der Waals surface area contributed by atoms with E-state index in [0.717, 1.165) is 24.0 Å². The Labute approximate surface area is 109 Å². The number of aliphatic hydroxyl groups excluding tert-OH is 1. The summed E-state index contributed by atoms with van der Waals surface area (Å²) in [6.07, 6.45) is 5.92. The van der Waals surface area contributed by atoms with Crippen LogP contribution in [0.4, 0.5) is 0 Å². The van der Waals surface area contributed by atoms with E-state index in [2.05, 4.69) is 0 Å². The van der Waals surface area contributed by atoms with Crippen molar-refractivity contribution in [2.45, 2.75) is 50.9 Å². The van der Waals surface area contributed by atoms with E-state index in [0.29, 0.717) is 13.2 Å². The molecule has 3 N–H and O–H groups in total. The molecule has 1 aromatic carbocycles. The summed E-state index contributed by atoms with van der Waals surface area (Å²) in [7, 11) is 0. The zero-order valence-corrected chi connectivity index (χ0v) is 10.9. The quantitative estimate of drug-likeness (QED) is 0.842. The molecule has 1 aliphatic rings. The van der Waals surface area contributed by atoms with Crippen molar-refractivity contribution in [3.05, 3.63) is 35.4 Å². The minimum Gasteiger partial charge on any atom is -0.392 e. The zero-order valence-electron chi connectivity index (χ0n) is 10.9. The highest BCUT2D eigenvalue weighted by molar-refractivity contribution is 5.21. The normalized spacial score (nSPS) is 18.8. The number of benzene rings is 1. The first-order valence-electron chi connectivity index (χ1n) is 6.77. The molecule has 0 bridgehead atoms. The van der Waals surface area contributed by atoms with Gasteiger partial charge in [-0.3, -0.25) is 0 Å². The summed E-state index contributed by atoms with van der Waals surface area (Å²) in [5, 5.41) is 8.96. The minimum atomic E-state index is -0.108. The van der Waals surface area contributed by atoms with Crippen LogP contribution in [0.25, 0.3) is 0 Å². The van der Waals surface area contributed by atoms with Gasteiger partial charge in [0.25, 0.3) is 0 Å². The predicted octanol–water partition coefficient (Wildman–Crippen LogP) is 2.36. The first-order valence-corrected chi connectivity index (χ1v) is 6.77. The van der Waals surface area contributed by atoms with Gasteiger partial charge in [-0.2, -0.15) is 0 Å². The molecule has 0 amide bonds. The highest BCUT2D eigenvalue weighted by Gasteiger charge is 2.27. The topological polar surface area (TPSA) is 55.5 Å². The molecular weight excluding hydrogens is 226 g/mol. The van der Waals surface area contributed by atoms with Crippen molar-refractivity contribution in [1.82, 2.24) is 0 Å². The molecule has 1 fully saturated rings. The summed E-state index contributed by atoms with van der Waals surface area (Å²) in [5.74, 6) is 0. The molecule has 1 saturated carbocycles. The molecule has 0 heterocycles. The van der Waals surface area contributed by atoms with Gasteiger partial charge in [-0.1, -0.05) is 43.5 Å². The van der Waals surface area contributed by atoms with Gasteiger partial charge < -0.3 is 15.6 Å². The minimum absolute atomic E-state index is 0.0903. The van der Waals surface area contributed by atoms with Gasteiger partial charge in [-0.05, 0) is 24.0 Å². The summed E-state index contributed by atoms with van der Waals surface area (Å²) in [6, 6.07) is 7.85. The van der Waals surface area contributed by atoms with Crippen LogP contribution in [0.1, 0.15) is 43.2 Å². The third-order valence-electron chi connectivity index (χ3n) is 3.71. The van der Waals surface area contributed by atoms with Crippen LogP contribution >= 0.6 is 0 Å². The maximum atomic E-state index is 8.96. The van der Waals surface area contributed by atoms with Gasteiger partial charge in [0.15, 0.2) is 0 Å². The van der Waals surface area contributed by atoms with Gasteiger partial charge in [0.2, 0.25) is 0 Å². The molecule has 100 valence electrons. The lowest BCUT2D eigenvalue weighted by atomic mass is 9.83. The molecule has 0 spiro atoms. The van der Waals surface area contributed by atoms with Crippen LogP contribution in [-0.2, 0) is 18.0 Å². The maximum absolute atomic E-state index is 8.96. The number of ether oxygens (including phenoxy) is 1. The number of nitrogens with two attached hydrogens (primary N) is 1. The average molecular weight is 249 g/mol. The number of hydrogen-bond acceptors (Lipinski definition) is 3. The zero-order chi connectivity index (χ0) is 12.8. The van der Waals surface area contributed by atoms with E-state index in [1.54, 1.807) is 0 Å². The molecule has 0 atom stereocenters. The third kappa shape index (κ3) is 3.80. The Morgan fingerprint density at radius 3 is 2.28 bits per heavy atom. The van der Waals surface area contributed by atoms with Gasteiger partial charge in [-0.15, -0.1) is 0 Å². The van der Waals surface area contributed by atoms with E-state index in [-0.39, 0.29) is 12.1 Å². The highest BCUT2D eigenvalue weighted by Crippen LogP contribution is 2.26. The van der Waals surface area contributed by atoms with Gasteiger partial charge in [0.1, 0.15) is 0 Å².